The summed E-state index contributed by atoms with van der Waals surface area (Å²) in [6.45, 7) is 5.31. The first-order valence-electron chi connectivity index (χ1n) is 8.77. The normalized spacial score (nSPS) is 28.3. The van der Waals surface area contributed by atoms with Crippen LogP contribution in [-0.2, 0) is 9.53 Å². The standard InChI is InChI=1S/C18H31NO2/c1-2-3-4-5-6-7-8-9-10-18(20)15-11-16-13-21-14-17(12-15)19-16/h2,15-17,19H,1,3-14H2. The predicted octanol–water partition coefficient (Wildman–Crippen LogP) is 3.63. The van der Waals surface area contributed by atoms with E-state index in [-0.39, 0.29) is 5.92 Å². The number of fused-ring (bicyclic) bond motifs is 2. The van der Waals surface area contributed by atoms with E-state index in [0.717, 1.165) is 45.3 Å². The van der Waals surface area contributed by atoms with Crippen LogP contribution in [0.2, 0.25) is 0 Å². The van der Waals surface area contributed by atoms with Crippen molar-refractivity contribution in [1.29, 1.82) is 0 Å². The molecule has 0 aromatic rings. The molecule has 3 heteroatoms. The van der Waals surface area contributed by atoms with Crippen LogP contribution in [0, 0.1) is 5.92 Å². The highest BCUT2D eigenvalue weighted by atomic mass is 16.5. The van der Waals surface area contributed by atoms with Crippen LogP contribution in [0.1, 0.15) is 64.2 Å². The Labute approximate surface area is 129 Å². The lowest BCUT2D eigenvalue weighted by Crippen LogP contribution is -2.55. The van der Waals surface area contributed by atoms with E-state index in [9.17, 15) is 4.79 Å². The quantitative estimate of drug-likeness (QED) is 0.494. The first-order chi connectivity index (χ1) is 10.3. The van der Waals surface area contributed by atoms with Gasteiger partial charge in [0.25, 0.3) is 0 Å². The number of morpholine rings is 1. The maximum Gasteiger partial charge on any atom is 0.136 e. The number of nitrogens with one attached hydrogen (secondary N) is 1. The number of Topliss-reactive ketones (excluding diaryl/α,β-unsaturated/α-hetero) is 1. The van der Waals surface area contributed by atoms with Gasteiger partial charge in [0.1, 0.15) is 5.78 Å². The number of hydrogen-bond acceptors (Lipinski definition) is 3. The first kappa shape index (κ1) is 16.7. The van der Waals surface area contributed by atoms with E-state index in [1.54, 1.807) is 0 Å². The monoisotopic (exact) mass is 293 g/mol. The fourth-order valence-electron chi connectivity index (χ4n) is 3.60. The Morgan fingerprint density at radius 3 is 2.33 bits per heavy atom. The van der Waals surface area contributed by atoms with Gasteiger partial charge in [-0.3, -0.25) is 4.79 Å². The lowest BCUT2D eigenvalue weighted by atomic mass is 9.83. The molecule has 2 rings (SSSR count). The van der Waals surface area contributed by atoms with Gasteiger partial charge in [-0.2, -0.15) is 0 Å². The minimum absolute atomic E-state index is 0.290. The lowest BCUT2D eigenvalue weighted by molar-refractivity contribution is -0.126. The molecule has 2 aliphatic rings. The average molecular weight is 293 g/mol. The number of ether oxygens (including phenoxy) is 1. The summed E-state index contributed by atoms with van der Waals surface area (Å²) in [5.74, 6) is 0.790. The van der Waals surface area contributed by atoms with Crippen LogP contribution in [-0.4, -0.2) is 31.1 Å². The van der Waals surface area contributed by atoms with Gasteiger partial charge >= 0.3 is 0 Å². The van der Waals surface area contributed by atoms with Crippen molar-refractivity contribution in [2.75, 3.05) is 13.2 Å². The van der Waals surface area contributed by atoms with Crippen LogP contribution < -0.4 is 5.32 Å². The third-order valence-corrected chi connectivity index (χ3v) is 4.78. The van der Waals surface area contributed by atoms with E-state index in [1.807, 2.05) is 6.08 Å². The highest BCUT2D eigenvalue weighted by Crippen LogP contribution is 2.26. The molecule has 0 saturated carbocycles. The molecule has 0 aromatic heterocycles. The summed E-state index contributed by atoms with van der Waals surface area (Å²) in [6.07, 6.45) is 13.3. The van der Waals surface area contributed by atoms with Gasteiger partial charge in [0, 0.05) is 24.4 Å². The second-order valence-corrected chi connectivity index (χ2v) is 6.68. The van der Waals surface area contributed by atoms with Gasteiger partial charge < -0.3 is 10.1 Å². The second-order valence-electron chi connectivity index (χ2n) is 6.68. The minimum atomic E-state index is 0.290. The van der Waals surface area contributed by atoms with E-state index in [2.05, 4.69) is 11.9 Å². The van der Waals surface area contributed by atoms with Gasteiger partial charge in [-0.05, 0) is 32.1 Å². The zero-order chi connectivity index (χ0) is 14.9. The van der Waals surface area contributed by atoms with E-state index < -0.39 is 0 Å². The van der Waals surface area contributed by atoms with Crippen molar-refractivity contribution in [2.24, 2.45) is 5.92 Å². The van der Waals surface area contributed by atoms with Crippen LogP contribution in [0.15, 0.2) is 12.7 Å². The van der Waals surface area contributed by atoms with Crippen LogP contribution in [0.25, 0.3) is 0 Å². The average Bonchev–Trinajstić information content (AvgIpc) is 2.49. The molecule has 2 fully saturated rings. The van der Waals surface area contributed by atoms with Crippen molar-refractivity contribution in [3.05, 3.63) is 12.7 Å². The first-order valence-corrected chi connectivity index (χ1v) is 8.77. The molecule has 2 aliphatic heterocycles. The summed E-state index contributed by atoms with van der Waals surface area (Å²) in [6, 6.07) is 0.827. The van der Waals surface area contributed by atoms with Gasteiger partial charge in [-0.1, -0.05) is 31.8 Å². The Bertz CT molecular complexity index is 317. The van der Waals surface area contributed by atoms with E-state index in [4.69, 9.17) is 4.74 Å². The van der Waals surface area contributed by atoms with Crippen molar-refractivity contribution in [3.63, 3.8) is 0 Å². The molecule has 21 heavy (non-hydrogen) atoms. The number of carbonyl (C=O) groups excluding carboxylic acids is 1. The molecule has 0 amide bonds. The molecule has 0 spiro atoms. The number of hydrogen-bond donors (Lipinski definition) is 1. The SMILES string of the molecule is C=CCCCCCCCCC(=O)C1CC2COCC(C1)N2. The summed E-state index contributed by atoms with van der Waals surface area (Å²) in [4.78, 5) is 12.3. The van der Waals surface area contributed by atoms with Gasteiger partial charge in [0.2, 0.25) is 0 Å². The van der Waals surface area contributed by atoms with E-state index in [0.29, 0.717) is 17.9 Å². The second kappa shape index (κ2) is 9.37. The number of rotatable bonds is 10. The molecule has 2 unspecified atom stereocenters. The highest BCUT2D eigenvalue weighted by Gasteiger charge is 2.34. The van der Waals surface area contributed by atoms with Gasteiger partial charge in [0.15, 0.2) is 0 Å². The number of carbonyl (C=O) groups is 1. The molecular formula is C18H31NO2. The fourth-order valence-corrected chi connectivity index (χ4v) is 3.60. The third-order valence-electron chi connectivity index (χ3n) is 4.78. The number of allylic oxidation sites excluding steroid dienone is 1. The molecule has 3 nitrogen and oxygen atoms in total. The maximum atomic E-state index is 12.3. The summed E-state index contributed by atoms with van der Waals surface area (Å²) >= 11 is 0. The molecule has 1 N–H and O–H groups in total. The lowest BCUT2D eigenvalue weighted by Gasteiger charge is -2.39. The Morgan fingerprint density at radius 1 is 1.05 bits per heavy atom. The molecule has 2 atom stereocenters. The van der Waals surface area contributed by atoms with Crippen molar-refractivity contribution in [2.45, 2.75) is 76.3 Å². The molecule has 2 heterocycles. The van der Waals surface area contributed by atoms with Crippen LogP contribution in [0.3, 0.4) is 0 Å². The zero-order valence-electron chi connectivity index (χ0n) is 13.3. The van der Waals surface area contributed by atoms with Gasteiger partial charge in [0.05, 0.1) is 13.2 Å². The van der Waals surface area contributed by atoms with Crippen molar-refractivity contribution in [1.82, 2.24) is 5.32 Å². The Balaban J connectivity index is 1.52. The van der Waals surface area contributed by atoms with Crippen LogP contribution in [0.4, 0.5) is 0 Å². The van der Waals surface area contributed by atoms with Crippen molar-refractivity contribution < 1.29 is 9.53 Å². The van der Waals surface area contributed by atoms with Crippen molar-refractivity contribution >= 4 is 5.78 Å². The number of unbranched alkanes of at least 4 members (excludes halogenated alkanes) is 6. The summed E-state index contributed by atoms with van der Waals surface area (Å²) in [5.41, 5.74) is 0. The smallest absolute Gasteiger partial charge is 0.136 e. The summed E-state index contributed by atoms with van der Waals surface area (Å²) in [7, 11) is 0. The molecule has 2 bridgehead atoms. The largest absolute Gasteiger partial charge is 0.378 e. The van der Waals surface area contributed by atoms with E-state index >= 15 is 0 Å². The molecule has 0 aliphatic carbocycles. The number of piperidine rings is 1. The molecule has 2 saturated heterocycles. The summed E-state index contributed by atoms with van der Waals surface area (Å²) < 4.78 is 5.54. The molecular weight excluding hydrogens is 262 g/mol. The highest BCUT2D eigenvalue weighted by molar-refractivity contribution is 5.81. The number of ketones is 1. The Kier molecular flexibility index (Phi) is 7.45. The predicted molar refractivity (Wildman–Crippen MR) is 86.4 cm³/mol. The van der Waals surface area contributed by atoms with E-state index in [1.165, 1.54) is 32.1 Å². The Hall–Kier alpha value is -0.670. The maximum absolute atomic E-state index is 12.3. The summed E-state index contributed by atoms with van der Waals surface area (Å²) in [5, 5.41) is 3.55. The molecule has 0 radical (unpaired) electrons. The van der Waals surface area contributed by atoms with Crippen LogP contribution in [0.5, 0.6) is 0 Å². The molecule has 0 aromatic carbocycles. The van der Waals surface area contributed by atoms with Gasteiger partial charge in [-0.25, -0.2) is 0 Å². The van der Waals surface area contributed by atoms with Crippen LogP contribution >= 0.6 is 0 Å². The topological polar surface area (TPSA) is 38.3 Å². The third kappa shape index (κ3) is 5.91. The van der Waals surface area contributed by atoms with Gasteiger partial charge in [-0.15, -0.1) is 6.58 Å². The Morgan fingerprint density at radius 2 is 1.67 bits per heavy atom. The molecule has 120 valence electrons. The zero-order valence-corrected chi connectivity index (χ0v) is 13.3. The fraction of sp³-hybridized carbons (Fsp3) is 0.833. The minimum Gasteiger partial charge on any atom is -0.378 e. The van der Waals surface area contributed by atoms with Crippen molar-refractivity contribution in [3.8, 4) is 0 Å².